The number of rotatable bonds is 5. The average Bonchev–Trinajstić information content (AvgIpc) is 3.35. The van der Waals surface area contributed by atoms with Gasteiger partial charge in [-0.05, 0) is 35.3 Å². The summed E-state index contributed by atoms with van der Waals surface area (Å²) in [6.45, 7) is 0.470. The summed E-state index contributed by atoms with van der Waals surface area (Å²) in [5.74, 6) is 1.10. The van der Waals surface area contributed by atoms with Gasteiger partial charge in [-0.2, -0.15) is 0 Å². The van der Waals surface area contributed by atoms with Crippen LogP contribution in [0.3, 0.4) is 0 Å². The number of hydrogen-bond acceptors (Lipinski definition) is 6. The van der Waals surface area contributed by atoms with Crippen LogP contribution < -0.4 is 10.2 Å². The molecule has 122 valence electrons. The number of phenolic OH excluding ortho intramolecular Hbond substituents is 1. The summed E-state index contributed by atoms with van der Waals surface area (Å²) in [7, 11) is -1.09. The van der Waals surface area contributed by atoms with Crippen LogP contribution in [-0.2, 0) is 14.2 Å². The van der Waals surface area contributed by atoms with Gasteiger partial charge in [-0.3, -0.25) is 4.79 Å². The number of carbonyl (C=O) groups is 1. The van der Waals surface area contributed by atoms with E-state index >= 15 is 0 Å². The van der Waals surface area contributed by atoms with E-state index in [-0.39, 0.29) is 24.1 Å². The Morgan fingerprint density at radius 3 is 2.79 bits per heavy atom. The summed E-state index contributed by atoms with van der Waals surface area (Å²) in [6, 6.07) is 11.7. The third-order valence-electron chi connectivity index (χ3n) is 4.10. The summed E-state index contributed by atoms with van der Waals surface area (Å²) in [5.41, 5.74) is 1.36. The van der Waals surface area contributed by atoms with Crippen molar-refractivity contribution in [2.45, 2.75) is 18.6 Å². The van der Waals surface area contributed by atoms with Crippen molar-refractivity contribution in [1.29, 1.82) is 0 Å². The summed E-state index contributed by atoms with van der Waals surface area (Å²) in [4.78, 5) is 11.9. The molecule has 2 unspecified atom stereocenters. The molecule has 2 heterocycles. The largest absolute Gasteiger partial charge is 0.508 e. The predicted octanol–water partition coefficient (Wildman–Crippen LogP) is 1.30. The number of fused-ring (bicyclic) bond motifs is 1. The Hall–Kier alpha value is -2.35. The van der Waals surface area contributed by atoms with Gasteiger partial charge in [0.25, 0.3) is 0 Å². The molecular weight excluding hydrogens is 311 g/mol. The van der Waals surface area contributed by atoms with E-state index in [1.54, 1.807) is 36.4 Å². The molecule has 2 aliphatic rings. The molecule has 0 aromatic heterocycles. The Morgan fingerprint density at radius 2 is 2.04 bits per heavy atom. The van der Waals surface area contributed by atoms with Gasteiger partial charge in [0, 0.05) is 12.5 Å². The highest BCUT2D eigenvalue weighted by atomic mass is 16.6. The maximum atomic E-state index is 11.9. The topological polar surface area (TPSA) is 88.5 Å². The molecule has 0 amide bonds. The van der Waals surface area contributed by atoms with E-state index < -0.39 is 13.2 Å². The van der Waals surface area contributed by atoms with Crippen LogP contribution in [0.1, 0.15) is 18.1 Å². The number of epoxide rings is 1. The maximum absolute atomic E-state index is 11.9. The smallest absolute Gasteiger partial charge is 0.492 e. The molecule has 2 atom stereocenters. The predicted molar refractivity (Wildman–Crippen MR) is 85.4 cm³/mol. The molecule has 4 rings (SSSR count). The lowest BCUT2D eigenvalue weighted by Gasteiger charge is -2.11. The molecule has 1 fully saturated rings. The number of hydrogen-bond donors (Lipinski definition) is 2. The Labute approximate surface area is 138 Å². The van der Waals surface area contributed by atoms with Crippen molar-refractivity contribution in [1.82, 2.24) is 0 Å². The molecule has 0 saturated carbocycles. The molecule has 0 bridgehead atoms. The van der Waals surface area contributed by atoms with E-state index in [0.29, 0.717) is 23.6 Å². The zero-order chi connectivity index (χ0) is 16.7. The number of aromatic hydroxyl groups is 1. The van der Waals surface area contributed by atoms with Gasteiger partial charge >= 0.3 is 7.12 Å². The highest BCUT2D eigenvalue weighted by molar-refractivity contribution is 6.61. The van der Waals surface area contributed by atoms with Gasteiger partial charge in [-0.25, -0.2) is 0 Å². The fourth-order valence-corrected chi connectivity index (χ4v) is 2.81. The van der Waals surface area contributed by atoms with Gasteiger partial charge in [0.1, 0.15) is 23.4 Å². The number of carbonyl (C=O) groups excluding carboxylic acids is 1. The number of ketones is 1. The molecule has 2 aromatic carbocycles. The SMILES string of the molecule is O=C(CC1OB(O)c2cc(Oc3cccc(O)c3)ccc21)C1CO1. The standard InChI is InChI=1S/C17H15BO6/c19-10-2-1-3-11(6-10)23-12-4-5-13-14(7-12)18(21)24-16(13)8-15(20)17-9-22-17/h1-7,16-17,19,21H,8-9H2. The highest BCUT2D eigenvalue weighted by Crippen LogP contribution is 2.32. The molecule has 0 radical (unpaired) electrons. The minimum absolute atomic E-state index is 0.0138. The summed E-state index contributed by atoms with van der Waals surface area (Å²) in [5, 5.41) is 19.6. The molecule has 0 aliphatic carbocycles. The van der Waals surface area contributed by atoms with Crippen LogP contribution >= 0.6 is 0 Å². The van der Waals surface area contributed by atoms with Crippen molar-refractivity contribution in [3.05, 3.63) is 48.0 Å². The third kappa shape index (κ3) is 3.01. The summed E-state index contributed by atoms with van der Waals surface area (Å²) in [6.07, 6.45) is -0.605. The molecule has 1 saturated heterocycles. The van der Waals surface area contributed by atoms with E-state index in [2.05, 4.69) is 0 Å². The van der Waals surface area contributed by atoms with Crippen LogP contribution in [0.2, 0.25) is 0 Å². The first-order valence-electron chi connectivity index (χ1n) is 7.69. The second-order valence-corrected chi connectivity index (χ2v) is 5.86. The first-order valence-corrected chi connectivity index (χ1v) is 7.69. The normalized spacial score (nSPS) is 21.5. The van der Waals surface area contributed by atoms with Crippen LogP contribution in [-0.4, -0.2) is 35.7 Å². The Kier molecular flexibility index (Phi) is 3.76. The quantitative estimate of drug-likeness (QED) is 0.636. The van der Waals surface area contributed by atoms with Crippen molar-refractivity contribution in [3.8, 4) is 17.2 Å². The zero-order valence-electron chi connectivity index (χ0n) is 12.7. The lowest BCUT2D eigenvalue weighted by atomic mass is 9.79. The van der Waals surface area contributed by atoms with Crippen LogP contribution in [0, 0.1) is 0 Å². The second-order valence-electron chi connectivity index (χ2n) is 5.86. The number of Topliss-reactive ketones (excluding diaryl/α,β-unsaturated/α-hetero) is 1. The number of phenols is 1. The minimum Gasteiger partial charge on any atom is -0.508 e. The molecule has 2 aromatic rings. The molecule has 7 heteroatoms. The van der Waals surface area contributed by atoms with Gasteiger partial charge in [-0.15, -0.1) is 0 Å². The van der Waals surface area contributed by atoms with E-state index in [1.807, 2.05) is 0 Å². The molecule has 24 heavy (non-hydrogen) atoms. The van der Waals surface area contributed by atoms with E-state index in [9.17, 15) is 14.9 Å². The highest BCUT2D eigenvalue weighted by Gasteiger charge is 2.39. The van der Waals surface area contributed by atoms with Crippen molar-refractivity contribution in [3.63, 3.8) is 0 Å². The lowest BCUT2D eigenvalue weighted by Crippen LogP contribution is -2.28. The van der Waals surface area contributed by atoms with Gasteiger partial charge < -0.3 is 24.3 Å². The Balaban J connectivity index is 1.54. The second kappa shape index (κ2) is 5.94. The van der Waals surface area contributed by atoms with Gasteiger partial charge in [0.2, 0.25) is 0 Å². The van der Waals surface area contributed by atoms with Crippen LogP contribution in [0.25, 0.3) is 0 Å². The molecular formula is C17H15BO6. The van der Waals surface area contributed by atoms with Gasteiger partial charge in [-0.1, -0.05) is 12.1 Å². The fraction of sp³-hybridized carbons (Fsp3) is 0.235. The average molecular weight is 326 g/mol. The lowest BCUT2D eigenvalue weighted by molar-refractivity contribution is -0.121. The molecule has 6 nitrogen and oxygen atoms in total. The van der Waals surface area contributed by atoms with Crippen molar-refractivity contribution >= 4 is 18.4 Å². The number of benzene rings is 2. The minimum atomic E-state index is -1.09. The van der Waals surface area contributed by atoms with Gasteiger partial charge in [0.15, 0.2) is 5.78 Å². The molecule has 2 N–H and O–H groups in total. The Morgan fingerprint density at radius 1 is 1.25 bits per heavy atom. The van der Waals surface area contributed by atoms with Crippen molar-refractivity contribution < 1.29 is 29.1 Å². The van der Waals surface area contributed by atoms with E-state index in [4.69, 9.17) is 14.1 Å². The van der Waals surface area contributed by atoms with Crippen LogP contribution in [0.5, 0.6) is 17.2 Å². The maximum Gasteiger partial charge on any atom is 0.492 e. The molecule has 2 aliphatic heterocycles. The fourth-order valence-electron chi connectivity index (χ4n) is 2.81. The summed E-state index contributed by atoms with van der Waals surface area (Å²) >= 11 is 0. The molecule has 0 spiro atoms. The van der Waals surface area contributed by atoms with Crippen molar-refractivity contribution in [2.24, 2.45) is 0 Å². The first kappa shape index (κ1) is 15.2. The summed E-state index contributed by atoms with van der Waals surface area (Å²) < 4.78 is 16.2. The van der Waals surface area contributed by atoms with Crippen LogP contribution in [0.15, 0.2) is 42.5 Å². The number of ether oxygens (including phenoxy) is 2. The van der Waals surface area contributed by atoms with E-state index in [0.717, 1.165) is 5.56 Å². The van der Waals surface area contributed by atoms with Gasteiger partial charge in [0.05, 0.1) is 12.7 Å². The Bertz CT molecular complexity index is 788. The monoisotopic (exact) mass is 326 g/mol. The zero-order valence-corrected chi connectivity index (χ0v) is 12.7. The van der Waals surface area contributed by atoms with Crippen LogP contribution in [0.4, 0.5) is 0 Å². The van der Waals surface area contributed by atoms with E-state index in [1.165, 1.54) is 6.07 Å². The van der Waals surface area contributed by atoms with Crippen molar-refractivity contribution in [2.75, 3.05) is 6.61 Å². The first-order chi connectivity index (χ1) is 11.6. The third-order valence-corrected chi connectivity index (χ3v) is 4.10.